The van der Waals surface area contributed by atoms with E-state index in [0.717, 1.165) is 9.86 Å². The number of benzene rings is 2. The third-order valence-electron chi connectivity index (χ3n) is 2.51. The van der Waals surface area contributed by atoms with E-state index in [1.54, 1.807) is 12.1 Å². The van der Waals surface area contributed by atoms with Crippen LogP contribution in [0.15, 0.2) is 34.8 Å². The second-order valence-electron chi connectivity index (χ2n) is 3.54. The van der Waals surface area contributed by atoms with Gasteiger partial charge in [0, 0.05) is 15.6 Å². The highest BCUT2D eigenvalue weighted by Gasteiger charge is 2.20. The molecule has 0 amide bonds. The summed E-state index contributed by atoms with van der Waals surface area (Å²) in [6.45, 7) is 0. The molecule has 0 aliphatic heterocycles. The quantitative estimate of drug-likeness (QED) is 0.587. The molecule has 0 unspecified atom stereocenters. The molecule has 5 heteroatoms. The van der Waals surface area contributed by atoms with Crippen molar-refractivity contribution in [2.75, 3.05) is 0 Å². The number of rotatable bonds is 2. The van der Waals surface area contributed by atoms with E-state index in [-0.39, 0.29) is 11.1 Å². The minimum atomic E-state index is -2.59. The maximum absolute atomic E-state index is 12.9. The second kappa shape index (κ2) is 5.09. The van der Waals surface area contributed by atoms with Crippen molar-refractivity contribution >= 4 is 49.9 Å². The Labute approximate surface area is 116 Å². The predicted molar refractivity (Wildman–Crippen MR) is 71.1 cm³/mol. The van der Waals surface area contributed by atoms with Crippen LogP contribution in [0.25, 0.3) is 10.8 Å². The maximum Gasteiger partial charge on any atom is 0.264 e. The Hall–Kier alpha value is -0.380. The van der Waals surface area contributed by atoms with Gasteiger partial charge in [0.15, 0.2) is 0 Å². The van der Waals surface area contributed by atoms with Gasteiger partial charge in [0.05, 0.1) is 0 Å². The summed E-state index contributed by atoms with van der Waals surface area (Å²) in [4.78, 5) is -0.975. The molecule has 0 saturated carbocycles. The molecule has 0 bridgehead atoms. The Morgan fingerprint density at radius 1 is 1.06 bits per heavy atom. The lowest BCUT2D eigenvalue weighted by atomic mass is 10.0. The van der Waals surface area contributed by atoms with Crippen molar-refractivity contribution in [1.82, 2.24) is 0 Å². The molecule has 0 N–H and O–H groups in total. The highest BCUT2D eigenvalue weighted by molar-refractivity contribution is 9.10. The summed E-state index contributed by atoms with van der Waals surface area (Å²) in [5.74, 6) is 0. The highest BCUT2D eigenvalue weighted by Crippen LogP contribution is 2.39. The Kier molecular flexibility index (Phi) is 3.91. The van der Waals surface area contributed by atoms with Gasteiger partial charge in [0.2, 0.25) is 0 Å². The van der Waals surface area contributed by atoms with Gasteiger partial charge in [-0.05, 0) is 22.9 Å². The molecule has 0 nitrogen and oxygen atoms in total. The van der Waals surface area contributed by atoms with Crippen molar-refractivity contribution in [1.29, 1.82) is 0 Å². The first kappa shape index (κ1) is 13.1. The molecule has 2 aromatic rings. The molecule has 0 aromatic heterocycles. The van der Waals surface area contributed by atoms with Gasteiger partial charge in [-0.3, -0.25) is 0 Å². The van der Waals surface area contributed by atoms with E-state index < -0.39 is 11.3 Å². The van der Waals surface area contributed by atoms with Gasteiger partial charge < -0.3 is 0 Å². The number of hydrogen-bond acceptors (Lipinski definition) is 0. The van der Waals surface area contributed by atoms with Gasteiger partial charge in [-0.1, -0.05) is 34.1 Å². The molecular formula is C12H7BrCl2F2. The van der Waals surface area contributed by atoms with Crippen LogP contribution >= 0.6 is 39.1 Å². The summed E-state index contributed by atoms with van der Waals surface area (Å²) in [5.41, 5.74) is 0.160. The first-order valence-electron chi connectivity index (χ1n) is 4.79. The summed E-state index contributed by atoms with van der Waals surface area (Å²) < 4.78 is 26.6. The van der Waals surface area contributed by atoms with Crippen molar-refractivity contribution in [3.8, 4) is 0 Å². The SMILES string of the molecule is FC(F)c1ccc2ccc(Br)cc2c1C(Cl)Cl. The molecule has 90 valence electrons. The van der Waals surface area contributed by atoms with Crippen LogP contribution in [0.3, 0.4) is 0 Å². The van der Waals surface area contributed by atoms with Crippen LogP contribution < -0.4 is 0 Å². The second-order valence-corrected chi connectivity index (χ2v) is 5.55. The summed E-state index contributed by atoms with van der Waals surface area (Å²) >= 11 is 14.9. The van der Waals surface area contributed by atoms with E-state index in [1.165, 1.54) is 6.07 Å². The number of halogens is 5. The van der Waals surface area contributed by atoms with E-state index in [0.29, 0.717) is 5.39 Å². The molecule has 0 fully saturated rings. The zero-order valence-electron chi connectivity index (χ0n) is 8.43. The van der Waals surface area contributed by atoms with Gasteiger partial charge in [0.1, 0.15) is 4.84 Å². The molecular weight excluding hydrogens is 333 g/mol. The highest BCUT2D eigenvalue weighted by atomic mass is 79.9. The minimum Gasteiger partial charge on any atom is -0.205 e. The van der Waals surface area contributed by atoms with E-state index in [9.17, 15) is 8.78 Å². The lowest BCUT2D eigenvalue weighted by molar-refractivity contribution is 0.150. The number of alkyl halides is 4. The van der Waals surface area contributed by atoms with Crippen LogP contribution in [0, 0.1) is 0 Å². The van der Waals surface area contributed by atoms with Gasteiger partial charge in [-0.25, -0.2) is 8.78 Å². The van der Waals surface area contributed by atoms with Gasteiger partial charge >= 0.3 is 0 Å². The topological polar surface area (TPSA) is 0 Å². The third-order valence-corrected chi connectivity index (χ3v) is 3.44. The zero-order valence-corrected chi connectivity index (χ0v) is 11.5. The lowest BCUT2D eigenvalue weighted by Crippen LogP contribution is -1.95. The normalized spacial score (nSPS) is 11.7. The van der Waals surface area contributed by atoms with Crippen LogP contribution in [0.2, 0.25) is 0 Å². The molecule has 0 heterocycles. The number of fused-ring (bicyclic) bond motifs is 1. The smallest absolute Gasteiger partial charge is 0.205 e. The van der Waals surface area contributed by atoms with Crippen molar-refractivity contribution in [3.63, 3.8) is 0 Å². The predicted octanol–water partition coefficient (Wildman–Crippen LogP) is 6.02. The maximum atomic E-state index is 12.9. The summed E-state index contributed by atoms with van der Waals surface area (Å²) in [6, 6.07) is 8.42. The first-order valence-corrected chi connectivity index (χ1v) is 6.45. The first-order chi connectivity index (χ1) is 8.00. The van der Waals surface area contributed by atoms with E-state index >= 15 is 0 Å². The van der Waals surface area contributed by atoms with Crippen LogP contribution in [0.1, 0.15) is 22.4 Å². The molecule has 2 aromatic carbocycles. The fraction of sp³-hybridized carbons (Fsp3) is 0.167. The Morgan fingerprint density at radius 2 is 1.71 bits per heavy atom. The van der Waals surface area contributed by atoms with E-state index in [2.05, 4.69) is 15.9 Å². The van der Waals surface area contributed by atoms with Crippen LogP contribution in [-0.2, 0) is 0 Å². The summed E-state index contributed by atoms with van der Waals surface area (Å²) in [6.07, 6.45) is -2.59. The van der Waals surface area contributed by atoms with Crippen LogP contribution in [0.4, 0.5) is 8.78 Å². The average molecular weight is 340 g/mol. The zero-order chi connectivity index (χ0) is 12.6. The number of hydrogen-bond donors (Lipinski definition) is 0. The van der Waals surface area contributed by atoms with Crippen LogP contribution in [-0.4, -0.2) is 0 Å². The fourth-order valence-corrected chi connectivity index (χ4v) is 2.61. The molecule has 0 aliphatic rings. The van der Waals surface area contributed by atoms with Gasteiger partial charge in [-0.2, -0.15) is 0 Å². The molecule has 2 rings (SSSR count). The summed E-state index contributed by atoms with van der Waals surface area (Å²) in [5, 5.41) is 1.48. The molecule has 0 saturated heterocycles. The fourth-order valence-electron chi connectivity index (χ4n) is 1.77. The van der Waals surface area contributed by atoms with Crippen molar-refractivity contribution in [2.24, 2.45) is 0 Å². The van der Waals surface area contributed by atoms with Crippen molar-refractivity contribution in [2.45, 2.75) is 11.3 Å². The molecule has 0 aliphatic carbocycles. The largest absolute Gasteiger partial charge is 0.264 e. The van der Waals surface area contributed by atoms with Crippen molar-refractivity contribution in [3.05, 3.63) is 45.9 Å². The Morgan fingerprint density at radius 3 is 2.29 bits per heavy atom. The minimum absolute atomic E-state index is 0.120. The Bertz CT molecular complexity index is 555. The van der Waals surface area contributed by atoms with E-state index in [1.807, 2.05) is 12.1 Å². The van der Waals surface area contributed by atoms with E-state index in [4.69, 9.17) is 23.2 Å². The standard InChI is InChI=1S/C12H7BrCl2F2/c13-7-3-1-6-2-4-8(12(16)17)10(11(14)15)9(6)5-7/h1-5,11-12H. The van der Waals surface area contributed by atoms with Crippen molar-refractivity contribution < 1.29 is 8.78 Å². The Balaban J connectivity index is 2.82. The third kappa shape index (κ3) is 2.56. The molecule has 0 spiro atoms. The molecule has 0 radical (unpaired) electrons. The molecule has 17 heavy (non-hydrogen) atoms. The van der Waals surface area contributed by atoms with Gasteiger partial charge in [0.25, 0.3) is 6.43 Å². The lowest BCUT2D eigenvalue weighted by Gasteiger charge is -2.13. The summed E-state index contributed by atoms with van der Waals surface area (Å²) in [7, 11) is 0. The van der Waals surface area contributed by atoms with Crippen LogP contribution in [0.5, 0.6) is 0 Å². The average Bonchev–Trinajstić information content (AvgIpc) is 2.26. The molecule has 0 atom stereocenters. The monoisotopic (exact) mass is 338 g/mol. The van der Waals surface area contributed by atoms with Gasteiger partial charge in [-0.15, -0.1) is 23.2 Å².